The zero-order valence-corrected chi connectivity index (χ0v) is 18.5. The third-order valence-corrected chi connectivity index (χ3v) is 7.09. The molecular formula is C21H28N2O5S. The number of ketones is 1. The number of nitrogens with zero attached hydrogens (tertiary/aromatic N) is 2. The largest absolute Gasteiger partial charge is 0.461 e. The summed E-state index contributed by atoms with van der Waals surface area (Å²) in [6, 6.07) is 7.03. The number of benzene rings is 1. The maximum atomic E-state index is 13.3. The number of carbonyl (C=O) groups excluding carboxylic acids is 2. The topological polar surface area (TPSA) is 85.7 Å². The van der Waals surface area contributed by atoms with E-state index in [4.69, 9.17) is 4.74 Å². The van der Waals surface area contributed by atoms with Gasteiger partial charge in [0.15, 0.2) is 5.78 Å². The fourth-order valence-electron chi connectivity index (χ4n) is 3.46. The van der Waals surface area contributed by atoms with E-state index in [2.05, 4.69) is 0 Å². The Morgan fingerprint density at radius 2 is 1.72 bits per heavy atom. The van der Waals surface area contributed by atoms with Gasteiger partial charge in [-0.2, -0.15) is 4.31 Å². The highest BCUT2D eigenvalue weighted by molar-refractivity contribution is 7.89. The molecule has 0 aliphatic carbocycles. The van der Waals surface area contributed by atoms with Crippen molar-refractivity contribution in [2.24, 2.45) is 0 Å². The molecule has 0 aliphatic rings. The summed E-state index contributed by atoms with van der Waals surface area (Å²) in [6.07, 6.45) is 0. The Kier molecular flexibility index (Phi) is 7.02. The van der Waals surface area contributed by atoms with E-state index in [0.717, 1.165) is 4.31 Å². The zero-order valence-electron chi connectivity index (χ0n) is 17.7. The van der Waals surface area contributed by atoms with Crippen LogP contribution < -0.4 is 0 Å². The summed E-state index contributed by atoms with van der Waals surface area (Å²) < 4.78 is 33.7. The summed E-state index contributed by atoms with van der Waals surface area (Å²) >= 11 is 0. The molecule has 158 valence electrons. The summed E-state index contributed by atoms with van der Waals surface area (Å²) in [5.74, 6) is -0.855. The van der Waals surface area contributed by atoms with Crippen LogP contribution in [0.5, 0.6) is 0 Å². The van der Waals surface area contributed by atoms with Crippen LogP contribution in [0.2, 0.25) is 0 Å². The average Bonchev–Trinajstić information content (AvgIpc) is 2.96. The molecule has 0 spiro atoms. The molecule has 0 saturated heterocycles. The molecule has 0 saturated carbocycles. The van der Waals surface area contributed by atoms with Gasteiger partial charge >= 0.3 is 5.97 Å². The number of Topliss-reactive ketones (excluding diaryl/α,β-unsaturated/α-hetero) is 1. The molecule has 1 aromatic heterocycles. The van der Waals surface area contributed by atoms with Crippen LogP contribution in [0, 0.1) is 13.8 Å². The lowest BCUT2D eigenvalue weighted by Gasteiger charge is -2.23. The monoisotopic (exact) mass is 420 g/mol. The number of hydrogen-bond acceptors (Lipinski definition) is 5. The predicted octanol–water partition coefficient (Wildman–Crippen LogP) is 3.19. The molecule has 2 aromatic rings. The third kappa shape index (κ3) is 4.13. The first-order valence-corrected chi connectivity index (χ1v) is 11.0. The van der Waals surface area contributed by atoms with Gasteiger partial charge in [-0.3, -0.25) is 4.79 Å². The van der Waals surface area contributed by atoms with Crippen molar-refractivity contribution in [2.45, 2.75) is 52.1 Å². The molecule has 1 aromatic carbocycles. The van der Waals surface area contributed by atoms with Crippen molar-refractivity contribution in [3.63, 3.8) is 0 Å². The van der Waals surface area contributed by atoms with Crippen LogP contribution in [0.4, 0.5) is 0 Å². The van der Waals surface area contributed by atoms with Gasteiger partial charge in [-0.15, -0.1) is 0 Å². The quantitative estimate of drug-likeness (QED) is 0.484. The Balaban J connectivity index is 2.48. The molecule has 1 heterocycles. The van der Waals surface area contributed by atoms with Crippen LogP contribution in [0.3, 0.4) is 0 Å². The van der Waals surface area contributed by atoms with Crippen LogP contribution in [0.1, 0.15) is 52.9 Å². The Morgan fingerprint density at radius 3 is 2.24 bits per heavy atom. The van der Waals surface area contributed by atoms with E-state index in [1.54, 1.807) is 50.5 Å². The minimum absolute atomic E-state index is 0.119. The smallest absolute Gasteiger partial charge is 0.355 e. The van der Waals surface area contributed by atoms with E-state index < -0.39 is 22.0 Å². The first kappa shape index (κ1) is 22.8. The van der Waals surface area contributed by atoms with Gasteiger partial charge in [-0.25, -0.2) is 13.2 Å². The Labute approximate surface area is 172 Å². The molecule has 0 fully saturated rings. The molecule has 0 N–H and O–H groups in total. The number of sulfonamides is 1. The number of carbonyl (C=O) groups is 2. The standard InChI is InChI=1S/C21H28N2O5S/c1-7-23-15(4)18(14(3)19(23)21(25)28-8-2)20(24)16(5)22(6)29(26,27)17-12-10-9-11-13-17/h9-13,16H,7-8H2,1-6H3/t16-/m1/s1. The highest BCUT2D eigenvalue weighted by Gasteiger charge is 2.34. The van der Waals surface area contributed by atoms with E-state index in [9.17, 15) is 18.0 Å². The molecule has 0 aliphatic heterocycles. The van der Waals surface area contributed by atoms with Gasteiger partial charge in [0, 0.05) is 24.8 Å². The lowest BCUT2D eigenvalue weighted by Crippen LogP contribution is -2.40. The molecule has 0 amide bonds. The fourth-order valence-corrected chi connectivity index (χ4v) is 4.80. The molecule has 0 unspecified atom stereocenters. The minimum Gasteiger partial charge on any atom is -0.461 e. The minimum atomic E-state index is -3.84. The SMILES string of the molecule is CCOC(=O)c1c(C)c(C(=O)[C@@H](C)N(C)S(=O)(=O)c2ccccc2)c(C)n1CC. The summed E-state index contributed by atoms with van der Waals surface area (Å²) in [5, 5.41) is 0. The predicted molar refractivity (Wildman–Crippen MR) is 111 cm³/mol. The number of aromatic nitrogens is 1. The van der Waals surface area contributed by atoms with Crippen molar-refractivity contribution in [3.05, 3.63) is 52.8 Å². The Bertz CT molecular complexity index is 1010. The molecule has 0 radical (unpaired) electrons. The molecule has 2 rings (SSSR count). The van der Waals surface area contributed by atoms with Crippen LogP contribution in [-0.4, -0.2) is 48.7 Å². The molecular weight excluding hydrogens is 392 g/mol. The second-order valence-electron chi connectivity index (χ2n) is 6.77. The van der Waals surface area contributed by atoms with Crippen molar-refractivity contribution in [2.75, 3.05) is 13.7 Å². The van der Waals surface area contributed by atoms with Crippen LogP contribution in [0.25, 0.3) is 0 Å². The van der Waals surface area contributed by atoms with Crippen molar-refractivity contribution in [3.8, 4) is 0 Å². The van der Waals surface area contributed by atoms with Crippen molar-refractivity contribution in [1.29, 1.82) is 0 Å². The molecule has 8 heteroatoms. The van der Waals surface area contributed by atoms with Gasteiger partial charge in [0.05, 0.1) is 17.5 Å². The van der Waals surface area contributed by atoms with E-state index in [0.29, 0.717) is 29.1 Å². The molecule has 29 heavy (non-hydrogen) atoms. The lowest BCUT2D eigenvalue weighted by molar-refractivity contribution is 0.0512. The number of likely N-dealkylation sites (N-methyl/N-ethyl adjacent to an activating group) is 1. The number of rotatable bonds is 8. The zero-order chi connectivity index (χ0) is 21.9. The first-order valence-electron chi connectivity index (χ1n) is 9.53. The van der Waals surface area contributed by atoms with Crippen molar-refractivity contribution < 1.29 is 22.7 Å². The van der Waals surface area contributed by atoms with E-state index in [1.165, 1.54) is 19.2 Å². The van der Waals surface area contributed by atoms with Crippen LogP contribution in [-0.2, 0) is 21.3 Å². The Hall–Kier alpha value is -2.45. The van der Waals surface area contributed by atoms with E-state index in [1.807, 2.05) is 6.92 Å². The maximum absolute atomic E-state index is 13.3. The van der Waals surface area contributed by atoms with Gasteiger partial charge in [-0.1, -0.05) is 18.2 Å². The van der Waals surface area contributed by atoms with E-state index in [-0.39, 0.29) is 17.3 Å². The molecule has 0 bridgehead atoms. The molecule has 7 nitrogen and oxygen atoms in total. The molecule has 1 atom stereocenters. The van der Waals surface area contributed by atoms with Crippen molar-refractivity contribution >= 4 is 21.8 Å². The first-order chi connectivity index (χ1) is 13.6. The lowest BCUT2D eigenvalue weighted by atomic mass is 10.0. The average molecular weight is 421 g/mol. The fraction of sp³-hybridized carbons (Fsp3) is 0.429. The second kappa shape index (κ2) is 8.92. The van der Waals surface area contributed by atoms with Gasteiger partial charge in [-0.05, 0) is 52.3 Å². The number of ether oxygens (including phenoxy) is 1. The van der Waals surface area contributed by atoms with Gasteiger partial charge < -0.3 is 9.30 Å². The maximum Gasteiger partial charge on any atom is 0.355 e. The van der Waals surface area contributed by atoms with Gasteiger partial charge in [0.2, 0.25) is 10.0 Å². The van der Waals surface area contributed by atoms with Crippen molar-refractivity contribution in [1.82, 2.24) is 8.87 Å². The van der Waals surface area contributed by atoms with E-state index >= 15 is 0 Å². The van der Waals surface area contributed by atoms with Crippen LogP contribution >= 0.6 is 0 Å². The summed E-state index contributed by atoms with van der Waals surface area (Å²) in [5.41, 5.74) is 1.81. The van der Waals surface area contributed by atoms with Crippen LogP contribution in [0.15, 0.2) is 35.2 Å². The number of hydrogen-bond donors (Lipinski definition) is 0. The summed E-state index contributed by atoms with van der Waals surface area (Å²) in [6.45, 7) is 9.30. The normalized spacial score (nSPS) is 12.8. The Morgan fingerprint density at radius 1 is 1.14 bits per heavy atom. The summed E-state index contributed by atoms with van der Waals surface area (Å²) in [7, 11) is -2.45. The second-order valence-corrected chi connectivity index (χ2v) is 8.77. The van der Waals surface area contributed by atoms with Gasteiger partial charge in [0.25, 0.3) is 0 Å². The number of esters is 1. The summed E-state index contributed by atoms with van der Waals surface area (Å²) in [4.78, 5) is 25.8. The van der Waals surface area contributed by atoms with Gasteiger partial charge in [0.1, 0.15) is 5.69 Å². The third-order valence-electron chi connectivity index (χ3n) is 5.14. The highest BCUT2D eigenvalue weighted by atomic mass is 32.2. The highest BCUT2D eigenvalue weighted by Crippen LogP contribution is 2.27.